The number of hydrogen-bond acceptors (Lipinski definition) is 5. The van der Waals surface area contributed by atoms with E-state index in [9.17, 15) is 14.4 Å². The lowest BCUT2D eigenvalue weighted by Gasteiger charge is -2.37. The van der Waals surface area contributed by atoms with E-state index in [2.05, 4.69) is 22.3 Å². The van der Waals surface area contributed by atoms with Crippen molar-refractivity contribution in [3.8, 4) is 0 Å². The van der Waals surface area contributed by atoms with Crippen molar-refractivity contribution in [3.63, 3.8) is 0 Å². The predicted molar refractivity (Wildman–Crippen MR) is 152 cm³/mol. The van der Waals surface area contributed by atoms with Crippen LogP contribution >= 0.6 is 0 Å². The molecule has 3 amide bonds. The highest BCUT2D eigenvalue weighted by Crippen LogP contribution is 2.27. The first-order valence-corrected chi connectivity index (χ1v) is 14.3. The molecule has 4 rings (SSSR count). The van der Waals surface area contributed by atoms with E-state index in [1.165, 1.54) is 5.56 Å². The minimum absolute atomic E-state index is 0.0158. The molecule has 3 atom stereocenters. The zero-order chi connectivity index (χ0) is 27.8. The van der Waals surface area contributed by atoms with Gasteiger partial charge in [0.25, 0.3) is 0 Å². The monoisotopic (exact) mass is 533 g/mol. The second kappa shape index (κ2) is 13.7. The van der Waals surface area contributed by atoms with Crippen LogP contribution in [0.3, 0.4) is 0 Å². The molecule has 0 aromatic heterocycles. The van der Waals surface area contributed by atoms with Crippen LogP contribution in [0, 0.1) is 17.8 Å². The summed E-state index contributed by atoms with van der Waals surface area (Å²) >= 11 is 0. The molecule has 1 saturated heterocycles. The number of carbonyl (C=O) groups excluding carboxylic acids is 3. The summed E-state index contributed by atoms with van der Waals surface area (Å²) in [5.41, 5.74) is 15.0. The van der Waals surface area contributed by atoms with Gasteiger partial charge in [-0.1, -0.05) is 74.4 Å². The van der Waals surface area contributed by atoms with Crippen molar-refractivity contribution >= 4 is 17.7 Å². The number of nitrogens with zero attached hydrogens (tertiary/aromatic N) is 2. The van der Waals surface area contributed by atoms with E-state index in [0.717, 1.165) is 56.4 Å². The van der Waals surface area contributed by atoms with Crippen molar-refractivity contribution in [2.24, 2.45) is 29.2 Å². The van der Waals surface area contributed by atoms with Crippen molar-refractivity contribution in [2.45, 2.75) is 58.2 Å². The van der Waals surface area contributed by atoms with Crippen molar-refractivity contribution in [1.82, 2.24) is 15.1 Å². The maximum atomic E-state index is 13.6. The fourth-order valence-corrected chi connectivity index (χ4v) is 5.76. The maximum Gasteiger partial charge on any atom is 0.237 e. The second-order valence-electron chi connectivity index (χ2n) is 11.2. The van der Waals surface area contributed by atoms with Gasteiger partial charge in [0.05, 0.1) is 12.0 Å². The number of hydrogen-bond donors (Lipinski definition) is 3. The Kier molecular flexibility index (Phi) is 10.1. The average molecular weight is 534 g/mol. The molecule has 1 aliphatic heterocycles. The fourth-order valence-electron chi connectivity index (χ4n) is 5.76. The van der Waals surface area contributed by atoms with Gasteiger partial charge in [0.15, 0.2) is 0 Å². The number of nitrogens with two attached hydrogens (primary N) is 2. The SMILES string of the molecule is CC(C(N)=O)[C@@H](Cc1ccc(CNC(=O)[C@@H](N)C2CCCC2)cc1)C(=O)N1CCN(Cc2ccccc2)CC1. The molecule has 39 heavy (non-hydrogen) atoms. The van der Waals surface area contributed by atoms with Crippen LogP contribution < -0.4 is 16.8 Å². The van der Waals surface area contributed by atoms with Crippen LogP contribution in [-0.4, -0.2) is 59.7 Å². The Bertz CT molecular complexity index is 1090. The predicted octanol–water partition coefficient (Wildman–Crippen LogP) is 2.44. The molecule has 5 N–H and O–H groups in total. The molecule has 1 aliphatic carbocycles. The van der Waals surface area contributed by atoms with Gasteiger partial charge in [0.2, 0.25) is 17.7 Å². The first kappa shape index (κ1) is 28.8. The molecule has 8 heteroatoms. The number of carbonyl (C=O) groups is 3. The molecular formula is C31H43N5O3. The summed E-state index contributed by atoms with van der Waals surface area (Å²) in [6.45, 7) is 5.88. The molecule has 2 fully saturated rings. The van der Waals surface area contributed by atoms with Crippen LogP contribution in [0.5, 0.6) is 0 Å². The zero-order valence-corrected chi connectivity index (χ0v) is 23.1. The van der Waals surface area contributed by atoms with Crippen LogP contribution in [0.15, 0.2) is 54.6 Å². The molecule has 1 saturated carbocycles. The second-order valence-corrected chi connectivity index (χ2v) is 11.2. The van der Waals surface area contributed by atoms with Crippen LogP contribution in [-0.2, 0) is 33.9 Å². The van der Waals surface area contributed by atoms with Gasteiger partial charge in [-0.2, -0.15) is 0 Å². The Morgan fingerprint density at radius 2 is 1.51 bits per heavy atom. The van der Waals surface area contributed by atoms with Gasteiger partial charge in [-0.3, -0.25) is 19.3 Å². The summed E-state index contributed by atoms with van der Waals surface area (Å²) in [5, 5.41) is 2.96. The number of amides is 3. The van der Waals surface area contributed by atoms with Gasteiger partial charge in [0, 0.05) is 45.2 Å². The van der Waals surface area contributed by atoms with Gasteiger partial charge in [-0.15, -0.1) is 0 Å². The summed E-state index contributed by atoms with van der Waals surface area (Å²) in [4.78, 5) is 42.4. The van der Waals surface area contributed by atoms with Gasteiger partial charge >= 0.3 is 0 Å². The standard InChI is InChI=1S/C31H43N5O3/c1-22(29(33)37)27(31(39)36-17-15-35(16-18-36)21-25-7-3-2-4-8-25)19-23-11-13-24(14-12-23)20-34-30(38)28(32)26-9-5-6-10-26/h2-4,7-8,11-14,22,26-28H,5-6,9-10,15-21,32H2,1H3,(H2,33,37)(H,34,38)/t22?,27-,28+/m1/s1. The van der Waals surface area contributed by atoms with Crippen molar-refractivity contribution in [2.75, 3.05) is 26.2 Å². The highest BCUT2D eigenvalue weighted by atomic mass is 16.2. The van der Waals surface area contributed by atoms with E-state index in [0.29, 0.717) is 26.1 Å². The number of piperazine rings is 1. The third-order valence-electron chi connectivity index (χ3n) is 8.46. The van der Waals surface area contributed by atoms with Crippen LogP contribution in [0.25, 0.3) is 0 Å². The minimum Gasteiger partial charge on any atom is -0.369 e. The number of nitrogens with one attached hydrogen (secondary N) is 1. The molecule has 2 aromatic carbocycles. The lowest BCUT2D eigenvalue weighted by atomic mass is 9.86. The summed E-state index contributed by atoms with van der Waals surface area (Å²) in [5.74, 6) is -1.39. The van der Waals surface area contributed by atoms with Gasteiger partial charge in [-0.05, 0) is 41.9 Å². The molecule has 2 aromatic rings. The zero-order valence-electron chi connectivity index (χ0n) is 23.1. The summed E-state index contributed by atoms with van der Waals surface area (Å²) in [6.07, 6.45) is 4.78. The molecule has 1 unspecified atom stereocenters. The van der Waals surface area contributed by atoms with E-state index < -0.39 is 23.8 Å². The minimum atomic E-state index is -0.573. The van der Waals surface area contributed by atoms with Crippen molar-refractivity contribution < 1.29 is 14.4 Å². The quantitative estimate of drug-likeness (QED) is 0.410. The van der Waals surface area contributed by atoms with Gasteiger partial charge < -0.3 is 21.7 Å². The Morgan fingerprint density at radius 1 is 0.897 bits per heavy atom. The van der Waals surface area contributed by atoms with E-state index in [1.807, 2.05) is 47.4 Å². The highest BCUT2D eigenvalue weighted by molar-refractivity contribution is 5.87. The fraction of sp³-hybridized carbons (Fsp3) is 0.516. The van der Waals surface area contributed by atoms with Crippen molar-refractivity contribution in [1.29, 1.82) is 0 Å². The number of rotatable bonds is 11. The third-order valence-corrected chi connectivity index (χ3v) is 8.46. The largest absolute Gasteiger partial charge is 0.369 e. The molecule has 210 valence electrons. The smallest absolute Gasteiger partial charge is 0.237 e. The normalized spacial score (nSPS) is 18.9. The molecule has 0 bridgehead atoms. The van der Waals surface area contributed by atoms with E-state index >= 15 is 0 Å². The van der Waals surface area contributed by atoms with Gasteiger partial charge in [-0.25, -0.2) is 0 Å². The lowest BCUT2D eigenvalue weighted by Crippen LogP contribution is -2.51. The first-order valence-electron chi connectivity index (χ1n) is 14.3. The topological polar surface area (TPSA) is 122 Å². The highest BCUT2D eigenvalue weighted by Gasteiger charge is 2.34. The molecule has 0 radical (unpaired) electrons. The van der Waals surface area contributed by atoms with Crippen LogP contribution in [0.1, 0.15) is 49.3 Å². The lowest BCUT2D eigenvalue weighted by molar-refractivity contribution is -0.142. The summed E-state index contributed by atoms with van der Waals surface area (Å²) < 4.78 is 0. The third kappa shape index (κ3) is 7.90. The molecule has 2 aliphatic rings. The number of primary amides is 1. The Hall–Kier alpha value is -3.23. The van der Waals surface area contributed by atoms with E-state index in [1.54, 1.807) is 6.92 Å². The molecule has 8 nitrogen and oxygen atoms in total. The van der Waals surface area contributed by atoms with Gasteiger partial charge in [0.1, 0.15) is 0 Å². The van der Waals surface area contributed by atoms with Crippen molar-refractivity contribution in [3.05, 3.63) is 71.3 Å². The first-order chi connectivity index (χ1) is 18.8. The molecule has 0 spiro atoms. The molecular weight excluding hydrogens is 490 g/mol. The maximum absolute atomic E-state index is 13.6. The van der Waals surface area contributed by atoms with E-state index in [-0.39, 0.29) is 17.7 Å². The Labute approximate surface area is 232 Å². The Morgan fingerprint density at radius 3 is 2.13 bits per heavy atom. The van der Waals surface area contributed by atoms with Crippen LogP contribution in [0.2, 0.25) is 0 Å². The summed E-state index contributed by atoms with van der Waals surface area (Å²) in [7, 11) is 0. The number of benzene rings is 2. The average Bonchev–Trinajstić information content (AvgIpc) is 3.50. The van der Waals surface area contributed by atoms with Crippen LogP contribution in [0.4, 0.5) is 0 Å². The van der Waals surface area contributed by atoms with E-state index in [4.69, 9.17) is 11.5 Å². The molecule has 1 heterocycles. The Balaban J connectivity index is 1.31. The summed E-state index contributed by atoms with van der Waals surface area (Å²) in [6, 6.07) is 17.7.